The molecule has 0 aromatic carbocycles. The van der Waals surface area contributed by atoms with Crippen molar-refractivity contribution in [1.29, 1.82) is 0 Å². The van der Waals surface area contributed by atoms with Crippen molar-refractivity contribution in [3.8, 4) is 10.6 Å². The Bertz CT molecular complexity index is 487. The number of unbranched alkanes of at least 4 members (excludes halogenated alkanes) is 3. The quantitative estimate of drug-likeness (QED) is 0.722. The Labute approximate surface area is 119 Å². The standard InChI is InChI=1S/C15H23N3S/c1-2-12-8-9-14(19-12)13-11-17-15(18-13)7-5-3-4-6-10-16/h8-9,11H,2-7,10,16H2,1H3,(H,17,18). The van der Waals surface area contributed by atoms with E-state index in [4.69, 9.17) is 5.73 Å². The Morgan fingerprint density at radius 1 is 1.21 bits per heavy atom. The molecule has 0 spiro atoms. The number of aryl methyl sites for hydroxylation is 2. The second-order valence-corrected chi connectivity index (χ2v) is 5.98. The molecule has 4 heteroatoms. The minimum atomic E-state index is 0.809. The molecule has 0 radical (unpaired) electrons. The number of aromatic nitrogens is 2. The van der Waals surface area contributed by atoms with Gasteiger partial charge in [0.15, 0.2) is 0 Å². The molecule has 0 saturated carbocycles. The first-order valence-electron chi connectivity index (χ1n) is 7.16. The molecule has 104 valence electrons. The molecule has 0 aliphatic rings. The zero-order chi connectivity index (χ0) is 13.5. The highest BCUT2D eigenvalue weighted by atomic mass is 32.1. The van der Waals surface area contributed by atoms with Crippen molar-refractivity contribution in [1.82, 2.24) is 9.97 Å². The van der Waals surface area contributed by atoms with Gasteiger partial charge in [0.2, 0.25) is 0 Å². The molecule has 0 saturated heterocycles. The van der Waals surface area contributed by atoms with Crippen LogP contribution < -0.4 is 5.73 Å². The lowest BCUT2D eigenvalue weighted by Gasteiger charge is -1.98. The molecule has 2 rings (SSSR count). The maximum absolute atomic E-state index is 5.49. The maximum Gasteiger partial charge on any atom is 0.106 e. The second kappa shape index (κ2) is 7.46. The van der Waals surface area contributed by atoms with Crippen LogP contribution in [-0.2, 0) is 12.8 Å². The Morgan fingerprint density at radius 2 is 2.05 bits per heavy atom. The van der Waals surface area contributed by atoms with Gasteiger partial charge in [-0.3, -0.25) is 0 Å². The van der Waals surface area contributed by atoms with Gasteiger partial charge in [-0.05, 0) is 37.9 Å². The summed E-state index contributed by atoms with van der Waals surface area (Å²) in [6.45, 7) is 3.00. The largest absolute Gasteiger partial charge is 0.341 e. The van der Waals surface area contributed by atoms with E-state index in [1.165, 1.54) is 29.0 Å². The van der Waals surface area contributed by atoms with E-state index in [-0.39, 0.29) is 0 Å². The van der Waals surface area contributed by atoms with Crippen LogP contribution in [0.15, 0.2) is 18.3 Å². The summed E-state index contributed by atoms with van der Waals surface area (Å²) in [5, 5.41) is 0. The number of hydrogen-bond donors (Lipinski definition) is 2. The molecule has 0 amide bonds. The number of nitrogens with zero attached hydrogens (tertiary/aromatic N) is 1. The van der Waals surface area contributed by atoms with Gasteiger partial charge in [-0.2, -0.15) is 0 Å². The Kier molecular flexibility index (Phi) is 5.61. The molecule has 3 N–H and O–H groups in total. The highest BCUT2D eigenvalue weighted by Gasteiger charge is 2.05. The molecule has 19 heavy (non-hydrogen) atoms. The predicted molar refractivity (Wildman–Crippen MR) is 82.5 cm³/mol. The van der Waals surface area contributed by atoms with E-state index in [0.29, 0.717) is 0 Å². The lowest BCUT2D eigenvalue weighted by atomic mass is 10.1. The third kappa shape index (κ3) is 4.18. The first-order chi connectivity index (χ1) is 9.33. The van der Waals surface area contributed by atoms with E-state index in [0.717, 1.165) is 37.3 Å². The number of nitrogens with one attached hydrogen (secondary N) is 1. The van der Waals surface area contributed by atoms with Gasteiger partial charge < -0.3 is 10.7 Å². The smallest absolute Gasteiger partial charge is 0.106 e. The zero-order valence-corrected chi connectivity index (χ0v) is 12.4. The summed E-state index contributed by atoms with van der Waals surface area (Å²) in [6.07, 6.45) is 8.90. The molecule has 0 aliphatic carbocycles. The van der Waals surface area contributed by atoms with Crippen LogP contribution in [0, 0.1) is 0 Å². The molecule has 3 nitrogen and oxygen atoms in total. The van der Waals surface area contributed by atoms with Gasteiger partial charge in [0.25, 0.3) is 0 Å². The topological polar surface area (TPSA) is 54.7 Å². The predicted octanol–water partition coefficient (Wildman–Crippen LogP) is 3.76. The van der Waals surface area contributed by atoms with E-state index >= 15 is 0 Å². The molecule has 0 atom stereocenters. The summed E-state index contributed by atoms with van der Waals surface area (Å²) < 4.78 is 0. The van der Waals surface area contributed by atoms with Gasteiger partial charge in [0, 0.05) is 11.3 Å². The van der Waals surface area contributed by atoms with Crippen molar-refractivity contribution < 1.29 is 0 Å². The number of H-pyrrole nitrogens is 1. The van der Waals surface area contributed by atoms with E-state index in [1.807, 2.05) is 17.5 Å². The lowest BCUT2D eigenvalue weighted by Crippen LogP contribution is -1.98. The van der Waals surface area contributed by atoms with Crippen molar-refractivity contribution in [3.05, 3.63) is 29.0 Å². The highest BCUT2D eigenvalue weighted by molar-refractivity contribution is 7.15. The van der Waals surface area contributed by atoms with Crippen molar-refractivity contribution in [3.63, 3.8) is 0 Å². The van der Waals surface area contributed by atoms with Crippen LogP contribution in [0.3, 0.4) is 0 Å². The van der Waals surface area contributed by atoms with Crippen LogP contribution in [0.25, 0.3) is 10.6 Å². The Morgan fingerprint density at radius 3 is 2.79 bits per heavy atom. The van der Waals surface area contributed by atoms with Crippen molar-refractivity contribution in [2.24, 2.45) is 5.73 Å². The maximum atomic E-state index is 5.49. The molecule has 0 bridgehead atoms. The van der Waals surface area contributed by atoms with Crippen LogP contribution in [-0.4, -0.2) is 16.5 Å². The fourth-order valence-electron chi connectivity index (χ4n) is 2.12. The van der Waals surface area contributed by atoms with Gasteiger partial charge >= 0.3 is 0 Å². The van der Waals surface area contributed by atoms with E-state index in [2.05, 4.69) is 29.0 Å². The van der Waals surface area contributed by atoms with Gasteiger partial charge in [-0.15, -0.1) is 11.3 Å². The van der Waals surface area contributed by atoms with Crippen LogP contribution in [0.2, 0.25) is 0 Å². The Hall–Kier alpha value is -1.13. The number of aromatic amines is 1. The molecule has 0 aliphatic heterocycles. The molecule has 2 heterocycles. The first-order valence-corrected chi connectivity index (χ1v) is 7.98. The van der Waals surface area contributed by atoms with Gasteiger partial charge in [-0.25, -0.2) is 4.98 Å². The zero-order valence-electron chi connectivity index (χ0n) is 11.6. The summed E-state index contributed by atoms with van der Waals surface area (Å²) in [7, 11) is 0. The summed E-state index contributed by atoms with van der Waals surface area (Å²) in [5.74, 6) is 1.11. The van der Waals surface area contributed by atoms with Gasteiger partial charge in [0.05, 0.1) is 16.8 Å². The van der Waals surface area contributed by atoms with Crippen LogP contribution in [0.4, 0.5) is 0 Å². The first kappa shape index (κ1) is 14.3. The highest BCUT2D eigenvalue weighted by Crippen LogP contribution is 2.27. The minimum Gasteiger partial charge on any atom is -0.341 e. The number of thiophene rings is 1. The Balaban J connectivity index is 1.84. The van der Waals surface area contributed by atoms with E-state index in [9.17, 15) is 0 Å². The van der Waals surface area contributed by atoms with Gasteiger partial charge in [0.1, 0.15) is 5.82 Å². The fourth-order valence-corrected chi connectivity index (χ4v) is 3.03. The summed E-state index contributed by atoms with van der Waals surface area (Å²) in [4.78, 5) is 10.6. The minimum absolute atomic E-state index is 0.809. The average molecular weight is 277 g/mol. The third-order valence-electron chi connectivity index (χ3n) is 3.27. The molecular formula is C15H23N3S. The summed E-state index contributed by atoms with van der Waals surface area (Å²) in [6, 6.07) is 4.38. The molecular weight excluding hydrogens is 254 g/mol. The number of imidazole rings is 1. The molecule has 0 fully saturated rings. The lowest BCUT2D eigenvalue weighted by molar-refractivity contribution is 0.638. The average Bonchev–Trinajstić information content (AvgIpc) is 3.07. The number of nitrogens with two attached hydrogens (primary N) is 1. The summed E-state index contributed by atoms with van der Waals surface area (Å²) in [5.41, 5.74) is 6.64. The van der Waals surface area contributed by atoms with Crippen molar-refractivity contribution in [2.75, 3.05) is 6.54 Å². The van der Waals surface area contributed by atoms with Crippen LogP contribution in [0.1, 0.15) is 43.3 Å². The van der Waals surface area contributed by atoms with Gasteiger partial charge in [-0.1, -0.05) is 19.8 Å². The van der Waals surface area contributed by atoms with E-state index < -0.39 is 0 Å². The molecule has 2 aromatic heterocycles. The summed E-state index contributed by atoms with van der Waals surface area (Å²) >= 11 is 1.85. The van der Waals surface area contributed by atoms with E-state index in [1.54, 1.807) is 0 Å². The van der Waals surface area contributed by atoms with Crippen LogP contribution >= 0.6 is 11.3 Å². The molecule has 2 aromatic rings. The second-order valence-electron chi connectivity index (χ2n) is 4.82. The van der Waals surface area contributed by atoms with Crippen molar-refractivity contribution >= 4 is 11.3 Å². The SMILES string of the molecule is CCc1ccc(-c2cnc(CCCCCCN)[nH]2)s1. The normalized spacial score (nSPS) is 11.1. The number of rotatable bonds is 8. The third-order valence-corrected chi connectivity index (χ3v) is 4.53. The number of hydrogen-bond acceptors (Lipinski definition) is 3. The molecule has 0 unspecified atom stereocenters. The fraction of sp³-hybridized carbons (Fsp3) is 0.533. The van der Waals surface area contributed by atoms with Crippen molar-refractivity contribution in [2.45, 2.75) is 45.4 Å². The monoisotopic (exact) mass is 277 g/mol. The van der Waals surface area contributed by atoms with Crippen LogP contribution in [0.5, 0.6) is 0 Å².